The van der Waals surface area contributed by atoms with E-state index in [0.717, 1.165) is 5.56 Å². The van der Waals surface area contributed by atoms with Gasteiger partial charge < -0.3 is 20.4 Å². The average molecular weight is 383 g/mol. The van der Waals surface area contributed by atoms with E-state index in [9.17, 15) is 4.79 Å². The summed E-state index contributed by atoms with van der Waals surface area (Å²) in [7, 11) is 1.57. The maximum absolute atomic E-state index is 12.3. The number of nitrogen functional groups attached to an aromatic ring is 1. The van der Waals surface area contributed by atoms with E-state index < -0.39 is 0 Å². The molecule has 1 aromatic heterocycles. The first-order valence-electron chi connectivity index (χ1n) is 8.47. The number of carbonyl (C=O) groups excluding carboxylic acids is 1. The van der Waals surface area contributed by atoms with Crippen LogP contribution < -0.4 is 15.8 Å². The van der Waals surface area contributed by atoms with Crippen molar-refractivity contribution in [1.82, 2.24) is 14.8 Å². The number of nitrogens with one attached hydrogen (secondary N) is 1. The highest BCUT2D eigenvalue weighted by molar-refractivity contribution is 7.99. The monoisotopic (exact) mass is 383 g/mol. The van der Waals surface area contributed by atoms with Gasteiger partial charge in [-0.1, -0.05) is 36.0 Å². The second-order valence-corrected chi connectivity index (χ2v) is 6.62. The van der Waals surface area contributed by atoms with Crippen LogP contribution in [-0.2, 0) is 11.3 Å². The van der Waals surface area contributed by atoms with Crippen molar-refractivity contribution in [3.05, 3.63) is 48.5 Å². The lowest BCUT2D eigenvalue weighted by molar-refractivity contribution is -0.113. The summed E-state index contributed by atoms with van der Waals surface area (Å²) in [4.78, 5) is 12.3. The number of hydrogen-bond donors (Lipinski definition) is 2. The van der Waals surface area contributed by atoms with E-state index in [1.807, 2.05) is 47.9 Å². The van der Waals surface area contributed by atoms with Crippen LogP contribution in [0.25, 0.3) is 11.4 Å². The van der Waals surface area contributed by atoms with E-state index >= 15 is 0 Å². The molecule has 0 saturated heterocycles. The Morgan fingerprint density at radius 1 is 1.19 bits per heavy atom. The van der Waals surface area contributed by atoms with Gasteiger partial charge in [-0.05, 0) is 31.2 Å². The van der Waals surface area contributed by atoms with Crippen LogP contribution in [0, 0.1) is 0 Å². The van der Waals surface area contributed by atoms with Crippen molar-refractivity contribution in [3.63, 3.8) is 0 Å². The van der Waals surface area contributed by atoms with Crippen LogP contribution in [0.2, 0.25) is 0 Å². The van der Waals surface area contributed by atoms with Gasteiger partial charge in [-0.15, -0.1) is 10.2 Å². The zero-order valence-corrected chi connectivity index (χ0v) is 16.0. The highest BCUT2D eigenvalue weighted by atomic mass is 32.2. The quantitative estimate of drug-likeness (QED) is 0.480. The Morgan fingerprint density at radius 3 is 2.67 bits per heavy atom. The first-order chi connectivity index (χ1) is 13.1. The lowest BCUT2D eigenvalue weighted by atomic mass is 10.1. The molecule has 7 nitrogen and oxygen atoms in total. The molecule has 0 atom stereocenters. The molecule has 8 heteroatoms. The predicted molar refractivity (Wildman–Crippen MR) is 108 cm³/mol. The number of benzene rings is 2. The van der Waals surface area contributed by atoms with Crippen LogP contribution in [0.3, 0.4) is 0 Å². The van der Waals surface area contributed by atoms with Crippen molar-refractivity contribution in [2.24, 2.45) is 0 Å². The smallest absolute Gasteiger partial charge is 0.234 e. The molecule has 0 saturated carbocycles. The van der Waals surface area contributed by atoms with Crippen LogP contribution in [0.4, 0.5) is 11.4 Å². The highest BCUT2D eigenvalue weighted by Crippen LogP contribution is 2.28. The van der Waals surface area contributed by atoms with Gasteiger partial charge in [0.15, 0.2) is 11.0 Å². The van der Waals surface area contributed by atoms with Crippen molar-refractivity contribution in [2.75, 3.05) is 23.9 Å². The van der Waals surface area contributed by atoms with Crippen LogP contribution in [0.5, 0.6) is 5.75 Å². The number of anilines is 2. The second kappa shape index (κ2) is 8.59. The Hall–Kier alpha value is -3.00. The molecule has 27 heavy (non-hydrogen) atoms. The zero-order chi connectivity index (χ0) is 19.2. The number of nitrogens with zero attached hydrogens (tertiary/aromatic N) is 3. The molecule has 0 spiro atoms. The number of nitrogens with two attached hydrogens (primary N) is 1. The van der Waals surface area contributed by atoms with Gasteiger partial charge in [0.2, 0.25) is 5.91 Å². The summed E-state index contributed by atoms with van der Waals surface area (Å²) in [6.45, 7) is 2.68. The topological polar surface area (TPSA) is 95.1 Å². The minimum Gasteiger partial charge on any atom is -0.495 e. The van der Waals surface area contributed by atoms with Crippen molar-refractivity contribution in [2.45, 2.75) is 18.6 Å². The summed E-state index contributed by atoms with van der Waals surface area (Å²) in [5, 5.41) is 12.0. The van der Waals surface area contributed by atoms with Crippen molar-refractivity contribution in [3.8, 4) is 17.1 Å². The van der Waals surface area contributed by atoms with E-state index in [0.29, 0.717) is 34.6 Å². The third-order valence-electron chi connectivity index (χ3n) is 3.95. The van der Waals surface area contributed by atoms with Crippen LogP contribution in [-0.4, -0.2) is 33.5 Å². The molecular weight excluding hydrogens is 362 g/mol. The van der Waals surface area contributed by atoms with Crippen molar-refractivity contribution >= 4 is 29.0 Å². The number of rotatable bonds is 7. The lowest BCUT2D eigenvalue weighted by Gasteiger charge is -2.10. The summed E-state index contributed by atoms with van der Waals surface area (Å²) in [5.74, 6) is 1.38. The minimum absolute atomic E-state index is 0.143. The molecule has 3 N–H and O–H groups in total. The molecular formula is C19H21N5O2S. The van der Waals surface area contributed by atoms with Gasteiger partial charge in [0.1, 0.15) is 5.75 Å². The Bertz CT molecular complexity index is 941. The molecule has 1 amide bonds. The highest BCUT2D eigenvalue weighted by Gasteiger charge is 2.16. The third kappa shape index (κ3) is 4.22. The fourth-order valence-electron chi connectivity index (χ4n) is 2.64. The summed E-state index contributed by atoms with van der Waals surface area (Å²) in [5.41, 5.74) is 8.17. The Balaban J connectivity index is 1.71. The first kappa shape index (κ1) is 18.8. The maximum Gasteiger partial charge on any atom is 0.234 e. The largest absolute Gasteiger partial charge is 0.495 e. The molecule has 1 heterocycles. The Morgan fingerprint density at radius 2 is 1.93 bits per heavy atom. The SMILES string of the molecule is CCn1c(SCC(=O)Nc2ccccc2OC)nnc1-c1ccccc1N. The number of para-hydroxylation sites is 3. The molecule has 0 aliphatic carbocycles. The zero-order valence-electron chi connectivity index (χ0n) is 15.2. The number of thioether (sulfide) groups is 1. The number of amides is 1. The molecule has 3 rings (SSSR count). The minimum atomic E-state index is -0.143. The van der Waals surface area contributed by atoms with Gasteiger partial charge in [0.25, 0.3) is 0 Å². The molecule has 0 unspecified atom stereocenters. The van der Waals surface area contributed by atoms with Gasteiger partial charge in [-0.25, -0.2) is 0 Å². The number of ether oxygens (including phenoxy) is 1. The third-order valence-corrected chi connectivity index (χ3v) is 4.91. The van der Waals surface area contributed by atoms with Gasteiger partial charge in [0.05, 0.1) is 18.6 Å². The van der Waals surface area contributed by atoms with E-state index in [2.05, 4.69) is 15.5 Å². The molecule has 140 valence electrons. The van der Waals surface area contributed by atoms with E-state index in [4.69, 9.17) is 10.5 Å². The average Bonchev–Trinajstić information content (AvgIpc) is 3.10. The van der Waals surface area contributed by atoms with Crippen molar-refractivity contribution in [1.29, 1.82) is 0 Å². The van der Waals surface area contributed by atoms with Crippen LogP contribution >= 0.6 is 11.8 Å². The second-order valence-electron chi connectivity index (χ2n) is 5.67. The van der Waals surface area contributed by atoms with Gasteiger partial charge in [0, 0.05) is 17.8 Å². The molecule has 0 fully saturated rings. The van der Waals surface area contributed by atoms with Crippen LogP contribution in [0.1, 0.15) is 6.92 Å². The van der Waals surface area contributed by atoms with Crippen molar-refractivity contribution < 1.29 is 9.53 Å². The Labute approximate surface area is 161 Å². The molecule has 2 aromatic carbocycles. The first-order valence-corrected chi connectivity index (χ1v) is 9.46. The fraction of sp³-hybridized carbons (Fsp3) is 0.211. The van der Waals surface area contributed by atoms with Gasteiger partial charge >= 0.3 is 0 Å². The van der Waals surface area contributed by atoms with Gasteiger partial charge in [-0.3, -0.25) is 4.79 Å². The Kier molecular flexibility index (Phi) is 5.97. The van der Waals surface area contributed by atoms with E-state index in [1.54, 1.807) is 19.2 Å². The number of hydrogen-bond acceptors (Lipinski definition) is 6. The van der Waals surface area contributed by atoms with Gasteiger partial charge in [-0.2, -0.15) is 0 Å². The molecule has 3 aromatic rings. The standard InChI is InChI=1S/C19H21N5O2S/c1-3-24-18(13-8-4-5-9-14(13)20)22-23-19(24)27-12-17(25)21-15-10-6-7-11-16(15)26-2/h4-11H,3,12,20H2,1-2H3,(H,21,25). The normalized spacial score (nSPS) is 10.6. The number of aromatic nitrogens is 3. The maximum atomic E-state index is 12.3. The molecule has 0 radical (unpaired) electrons. The number of carbonyl (C=O) groups is 1. The summed E-state index contributed by atoms with van der Waals surface area (Å²) in [6, 6.07) is 14.8. The lowest BCUT2D eigenvalue weighted by Crippen LogP contribution is -2.15. The molecule has 0 aliphatic rings. The van der Waals surface area contributed by atoms with E-state index in [1.165, 1.54) is 11.8 Å². The summed E-state index contributed by atoms with van der Waals surface area (Å²) < 4.78 is 7.20. The number of methoxy groups -OCH3 is 1. The summed E-state index contributed by atoms with van der Waals surface area (Å²) >= 11 is 1.33. The molecule has 0 aliphatic heterocycles. The molecule has 0 bridgehead atoms. The predicted octanol–water partition coefficient (Wildman–Crippen LogP) is 3.29. The van der Waals surface area contributed by atoms with E-state index in [-0.39, 0.29) is 11.7 Å². The fourth-order valence-corrected chi connectivity index (χ4v) is 3.45. The summed E-state index contributed by atoms with van der Waals surface area (Å²) in [6.07, 6.45) is 0. The van der Waals surface area contributed by atoms with Crippen LogP contribution in [0.15, 0.2) is 53.7 Å².